The number of primary amides is 1. The second kappa shape index (κ2) is 9.07. The highest BCUT2D eigenvalue weighted by atomic mass is 19.4. The van der Waals surface area contributed by atoms with Gasteiger partial charge in [-0.25, -0.2) is 0 Å². The van der Waals surface area contributed by atoms with Gasteiger partial charge in [0.25, 0.3) is 0 Å². The van der Waals surface area contributed by atoms with Gasteiger partial charge in [0.2, 0.25) is 11.8 Å². The van der Waals surface area contributed by atoms with Crippen LogP contribution in [0.1, 0.15) is 42.9 Å². The van der Waals surface area contributed by atoms with E-state index in [2.05, 4.69) is 5.32 Å². The van der Waals surface area contributed by atoms with Gasteiger partial charge in [-0.2, -0.15) is 26.3 Å². The Morgan fingerprint density at radius 3 is 1.89 bits per heavy atom. The Bertz CT molecular complexity index is 711. The molecule has 0 bridgehead atoms. The molecule has 2 amide bonds. The maximum Gasteiger partial charge on any atom is 0.416 e. The average Bonchev–Trinajstić information content (AvgIpc) is 2.56. The Kier molecular flexibility index (Phi) is 7.59. The Labute approximate surface area is 156 Å². The Morgan fingerprint density at radius 1 is 1.00 bits per heavy atom. The molecule has 5 nitrogen and oxygen atoms in total. The third-order valence-electron chi connectivity index (χ3n) is 3.80. The smallest absolute Gasteiger partial charge is 0.368 e. The van der Waals surface area contributed by atoms with Crippen molar-refractivity contribution in [3.8, 4) is 0 Å². The fourth-order valence-electron chi connectivity index (χ4n) is 2.32. The van der Waals surface area contributed by atoms with E-state index in [0.29, 0.717) is 12.1 Å². The highest BCUT2D eigenvalue weighted by Gasteiger charge is 2.37. The quantitative estimate of drug-likeness (QED) is 0.644. The molecule has 0 radical (unpaired) electrons. The Morgan fingerprint density at radius 2 is 1.50 bits per heavy atom. The van der Waals surface area contributed by atoms with Gasteiger partial charge in [-0.1, -0.05) is 6.92 Å². The number of rotatable bonds is 8. The van der Waals surface area contributed by atoms with Crippen molar-refractivity contribution in [3.05, 3.63) is 34.9 Å². The summed E-state index contributed by atoms with van der Waals surface area (Å²) in [6, 6.07) is -0.469. The van der Waals surface area contributed by atoms with Crippen LogP contribution in [-0.4, -0.2) is 23.6 Å². The van der Waals surface area contributed by atoms with Gasteiger partial charge >= 0.3 is 12.4 Å². The third kappa shape index (κ3) is 7.20. The SMILES string of the molecule is CCC(=O)CC[C@H](NC(=O)Cc1cc(C(F)(F)F)cc(C(F)(F)F)c1)C(N)=O. The summed E-state index contributed by atoms with van der Waals surface area (Å²) in [7, 11) is 0. The number of nitrogens with two attached hydrogens (primary N) is 1. The zero-order chi connectivity index (χ0) is 21.7. The van der Waals surface area contributed by atoms with Crippen molar-refractivity contribution in [2.75, 3.05) is 0 Å². The van der Waals surface area contributed by atoms with E-state index in [1.807, 2.05) is 0 Å². The second-order valence-corrected chi connectivity index (χ2v) is 6.04. The third-order valence-corrected chi connectivity index (χ3v) is 3.80. The van der Waals surface area contributed by atoms with E-state index in [-0.39, 0.29) is 31.1 Å². The molecule has 0 saturated heterocycles. The number of Topliss-reactive ketones (excluding diaryl/α,β-unsaturated/α-hetero) is 1. The molecule has 0 heterocycles. The van der Waals surface area contributed by atoms with Crippen molar-refractivity contribution in [2.24, 2.45) is 5.73 Å². The van der Waals surface area contributed by atoms with Crippen LogP contribution >= 0.6 is 0 Å². The van der Waals surface area contributed by atoms with Crippen LogP contribution in [0.3, 0.4) is 0 Å². The highest BCUT2D eigenvalue weighted by molar-refractivity contribution is 5.88. The van der Waals surface area contributed by atoms with Gasteiger partial charge in [0.15, 0.2) is 0 Å². The predicted octanol–water partition coefficient (Wildman–Crippen LogP) is 3.00. The molecule has 11 heteroatoms. The lowest BCUT2D eigenvalue weighted by Gasteiger charge is -2.17. The van der Waals surface area contributed by atoms with Crippen molar-refractivity contribution in [2.45, 2.75) is 51.0 Å². The van der Waals surface area contributed by atoms with Crippen molar-refractivity contribution < 1.29 is 40.7 Å². The molecule has 0 unspecified atom stereocenters. The molecule has 1 atom stereocenters. The van der Waals surface area contributed by atoms with E-state index in [1.165, 1.54) is 0 Å². The largest absolute Gasteiger partial charge is 0.416 e. The summed E-state index contributed by atoms with van der Waals surface area (Å²) >= 11 is 0. The molecular weight excluding hydrogens is 394 g/mol. The Balaban J connectivity index is 3.00. The van der Waals surface area contributed by atoms with Gasteiger partial charge in [-0.15, -0.1) is 0 Å². The highest BCUT2D eigenvalue weighted by Crippen LogP contribution is 2.36. The molecule has 1 rings (SSSR count). The van der Waals surface area contributed by atoms with Crippen LogP contribution in [-0.2, 0) is 33.2 Å². The van der Waals surface area contributed by atoms with Crippen molar-refractivity contribution in [3.63, 3.8) is 0 Å². The molecule has 0 aliphatic rings. The predicted molar refractivity (Wildman–Crippen MR) is 85.8 cm³/mol. The maximum absolute atomic E-state index is 12.8. The molecule has 1 aromatic carbocycles. The molecule has 0 aliphatic carbocycles. The second-order valence-electron chi connectivity index (χ2n) is 6.04. The van der Waals surface area contributed by atoms with Crippen LogP contribution in [0.4, 0.5) is 26.3 Å². The minimum Gasteiger partial charge on any atom is -0.368 e. The minimum atomic E-state index is -5.04. The number of carbonyl (C=O) groups is 3. The maximum atomic E-state index is 12.8. The van der Waals surface area contributed by atoms with Gasteiger partial charge in [0.1, 0.15) is 11.8 Å². The standard InChI is InChI=1S/C17H18F6N2O3/c1-2-12(26)3-4-13(15(24)28)25-14(27)7-9-5-10(16(18,19)20)8-11(6-9)17(21,22)23/h5-6,8,13H,2-4,7H2,1H3,(H2,24,28)(H,25,27)/t13-/m0/s1. The van der Waals surface area contributed by atoms with E-state index in [1.54, 1.807) is 6.92 Å². The monoisotopic (exact) mass is 412 g/mol. The number of hydrogen-bond acceptors (Lipinski definition) is 3. The van der Waals surface area contributed by atoms with Gasteiger partial charge in [0, 0.05) is 12.8 Å². The summed E-state index contributed by atoms with van der Waals surface area (Å²) in [5.74, 6) is -2.18. The summed E-state index contributed by atoms with van der Waals surface area (Å²) in [6.45, 7) is 1.59. The first-order valence-corrected chi connectivity index (χ1v) is 8.12. The average molecular weight is 412 g/mol. The molecule has 0 aliphatic heterocycles. The van der Waals surface area contributed by atoms with Gasteiger partial charge in [0.05, 0.1) is 17.5 Å². The van der Waals surface area contributed by atoms with E-state index in [9.17, 15) is 40.7 Å². The van der Waals surface area contributed by atoms with E-state index in [4.69, 9.17) is 5.73 Å². The summed E-state index contributed by atoms with van der Waals surface area (Å²) < 4.78 is 77.0. The van der Waals surface area contributed by atoms with Gasteiger partial charge in [-0.05, 0) is 30.2 Å². The summed E-state index contributed by atoms with van der Waals surface area (Å²) in [5, 5.41) is 2.13. The molecule has 0 fully saturated rings. The van der Waals surface area contributed by atoms with Crippen LogP contribution in [0.5, 0.6) is 0 Å². The number of carbonyl (C=O) groups excluding carboxylic acids is 3. The van der Waals surface area contributed by atoms with Crippen LogP contribution in [0.25, 0.3) is 0 Å². The van der Waals surface area contributed by atoms with Crippen LogP contribution in [0, 0.1) is 0 Å². The lowest BCUT2D eigenvalue weighted by Crippen LogP contribution is -2.45. The van der Waals surface area contributed by atoms with Crippen molar-refractivity contribution in [1.29, 1.82) is 0 Å². The zero-order valence-corrected chi connectivity index (χ0v) is 14.7. The van der Waals surface area contributed by atoms with Crippen LogP contribution in [0.15, 0.2) is 18.2 Å². The lowest BCUT2D eigenvalue weighted by atomic mass is 10.0. The summed E-state index contributed by atoms with van der Waals surface area (Å²) in [5.41, 5.74) is 1.47. The van der Waals surface area contributed by atoms with Gasteiger partial charge in [-0.3, -0.25) is 14.4 Å². The molecule has 0 spiro atoms. The Hall–Kier alpha value is -2.59. The summed E-state index contributed by atoms with van der Waals surface area (Å²) in [6.07, 6.45) is -10.9. The number of ketones is 1. The number of benzene rings is 1. The van der Waals surface area contributed by atoms with Crippen molar-refractivity contribution >= 4 is 17.6 Å². The molecule has 0 aromatic heterocycles. The number of alkyl halides is 6. The van der Waals surface area contributed by atoms with Crippen LogP contribution in [0.2, 0.25) is 0 Å². The molecule has 0 saturated carbocycles. The van der Waals surface area contributed by atoms with Crippen LogP contribution < -0.4 is 11.1 Å². The topological polar surface area (TPSA) is 89.3 Å². The van der Waals surface area contributed by atoms with E-state index < -0.39 is 53.3 Å². The first-order chi connectivity index (χ1) is 12.7. The summed E-state index contributed by atoms with van der Waals surface area (Å²) in [4.78, 5) is 34.7. The van der Waals surface area contributed by atoms with Gasteiger partial charge < -0.3 is 11.1 Å². The molecule has 3 N–H and O–H groups in total. The fourth-order valence-corrected chi connectivity index (χ4v) is 2.32. The number of hydrogen-bond donors (Lipinski definition) is 2. The molecule has 28 heavy (non-hydrogen) atoms. The van der Waals surface area contributed by atoms with E-state index >= 15 is 0 Å². The first kappa shape index (κ1) is 23.4. The minimum absolute atomic E-state index is 0.0516. The fraction of sp³-hybridized carbons (Fsp3) is 0.471. The zero-order valence-electron chi connectivity index (χ0n) is 14.7. The van der Waals surface area contributed by atoms with E-state index in [0.717, 1.165) is 0 Å². The normalized spacial score (nSPS) is 13.1. The molecule has 156 valence electrons. The van der Waals surface area contributed by atoms with Crippen molar-refractivity contribution in [1.82, 2.24) is 5.32 Å². The molecule has 1 aromatic rings. The number of halogens is 6. The molecular formula is C17H18F6N2O3. The number of amides is 2. The first-order valence-electron chi connectivity index (χ1n) is 8.12. The number of nitrogens with one attached hydrogen (secondary N) is 1. The lowest BCUT2D eigenvalue weighted by molar-refractivity contribution is -0.143.